The first-order valence-corrected chi connectivity index (χ1v) is 7.22. The average Bonchev–Trinajstić information content (AvgIpc) is 2.92. The van der Waals surface area contributed by atoms with E-state index in [0.717, 1.165) is 27.7 Å². The highest BCUT2D eigenvalue weighted by Crippen LogP contribution is 2.30. The van der Waals surface area contributed by atoms with E-state index in [2.05, 4.69) is 10.3 Å². The Morgan fingerprint density at radius 3 is 2.94 bits per heavy atom. The van der Waals surface area contributed by atoms with Crippen molar-refractivity contribution in [1.29, 1.82) is 0 Å². The van der Waals surface area contributed by atoms with Crippen molar-refractivity contribution in [3.8, 4) is 0 Å². The summed E-state index contributed by atoms with van der Waals surface area (Å²) >= 11 is 3.12. The summed E-state index contributed by atoms with van der Waals surface area (Å²) in [6, 6.07) is 3.82. The van der Waals surface area contributed by atoms with Gasteiger partial charge < -0.3 is 0 Å². The van der Waals surface area contributed by atoms with Crippen LogP contribution in [0.2, 0.25) is 0 Å². The number of nitrogens with zero attached hydrogens (tertiary/aromatic N) is 1. The minimum atomic E-state index is -0.0458. The lowest BCUT2D eigenvalue weighted by Gasteiger charge is -1.98. The minimum absolute atomic E-state index is 0.0458. The third-order valence-corrected chi connectivity index (χ3v) is 4.85. The third-order valence-electron chi connectivity index (χ3n) is 2.78. The van der Waals surface area contributed by atoms with E-state index in [9.17, 15) is 4.79 Å². The van der Waals surface area contributed by atoms with Crippen molar-refractivity contribution >= 4 is 33.7 Å². The Labute approximate surface area is 108 Å². The topological polar surface area (TPSA) is 42.0 Å². The summed E-state index contributed by atoms with van der Waals surface area (Å²) < 4.78 is 0. The maximum absolute atomic E-state index is 11.9. The van der Waals surface area contributed by atoms with Gasteiger partial charge in [-0.05, 0) is 38.3 Å². The summed E-state index contributed by atoms with van der Waals surface area (Å²) in [6.07, 6.45) is 3.37. The zero-order chi connectivity index (χ0) is 11.8. The summed E-state index contributed by atoms with van der Waals surface area (Å²) in [4.78, 5) is 19.6. The molecule has 0 radical (unpaired) electrons. The summed E-state index contributed by atoms with van der Waals surface area (Å²) in [5.41, 5.74) is 1.17. The maximum atomic E-state index is 11.9. The van der Waals surface area contributed by atoms with Crippen LogP contribution in [-0.4, -0.2) is 10.9 Å². The second-order valence-electron chi connectivity index (χ2n) is 4.11. The Hall–Kier alpha value is -1.20. The predicted octanol–water partition coefficient (Wildman–Crippen LogP) is 3.25. The van der Waals surface area contributed by atoms with E-state index < -0.39 is 0 Å². The molecule has 0 unspecified atom stereocenters. The van der Waals surface area contributed by atoms with Gasteiger partial charge in [0, 0.05) is 9.75 Å². The molecule has 0 aromatic carbocycles. The first-order valence-electron chi connectivity index (χ1n) is 5.59. The number of carbonyl (C=O) groups is 1. The molecule has 1 aliphatic rings. The highest BCUT2D eigenvalue weighted by atomic mass is 32.1. The second kappa shape index (κ2) is 4.23. The number of thiazole rings is 1. The number of aryl methyl sites for hydroxylation is 3. The highest BCUT2D eigenvalue weighted by molar-refractivity contribution is 7.16. The molecule has 88 valence electrons. The van der Waals surface area contributed by atoms with Gasteiger partial charge in [0.05, 0.1) is 10.6 Å². The van der Waals surface area contributed by atoms with E-state index in [0.29, 0.717) is 0 Å². The van der Waals surface area contributed by atoms with Crippen molar-refractivity contribution in [2.75, 3.05) is 5.32 Å². The van der Waals surface area contributed by atoms with Crippen LogP contribution < -0.4 is 5.32 Å². The minimum Gasteiger partial charge on any atom is -0.297 e. The van der Waals surface area contributed by atoms with Crippen LogP contribution in [-0.2, 0) is 12.8 Å². The first kappa shape index (κ1) is 10.9. The Kier molecular flexibility index (Phi) is 2.72. The molecule has 17 heavy (non-hydrogen) atoms. The molecule has 3 nitrogen and oxygen atoms in total. The lowest BCUT2D eigenvalue weighted by atomic mass is 10.4. The molecule has 0 fully saturated rings. The number of hydrogen-bond acceptors (Lipinski definition) is 4. The monoisotopic (exact) mass is 264 g/mol. The number of nitrogens with one attached hydrogen (secondary N) is 1. The second-order valence-corrected chi connectivity index (χ2v) is 6.48. The molecule has 1 aliphatic carbocycles. The number of hydrogen-bond donors (Lipinski definition) is 1. The molecule has 3 rings (SSSR count). The van der Waals surface area contributed by atoms with Gasteiger partial charge in [-0.25, -0.2) is 4.98 Å². The van der Waals surface area contributed by atoms with Gasteiger partial charge in [0.15, 0.2) is 5.13 Å². The summed E-state index contributed by atoms with van der Waals surface area (Å²) in [5.74, 6) is -0.0458. The maximum Gasteiger partial charge on any atom is 0.267 e. The van der Waals surface area contributed by atoms with Crippen molar-refractivity contribution in [1.82, 2.24) is 4.98 Å². The molecule has 1 amide bonds. The van der Waals surface area contributed by atoms with Crippen LogP contribution in [0.5, 0.6) is 0 Å². The van der Waals surface area contributed by atoms with Gasteiger partial charge in [-0.15, -0.1) is 22.7 Å². The van der Waals surface area contributed by atoms with Crippen molar-refractivity contribution < 1.29 is 4.79 Å². The molecular weight excluding hydrogens is 252 g/mol. The quantitative estimate of drug-likeness (QED) is 0.904. The fraction of sp³-hybridized carbons (Fsp3) is 0.333. The van der Waals surface area contributed by atoms with Crippen molar-refractivity contribution in [2.45, 2.75) is 26.2 Å². The van der Waals surface area contributed by atoms with Gasteiger partial charge in [0.2, 0.25) is 0 Å². The van der Waals surface area contributed by atoms with Crippen LogP contribution in [0.3, 0.4) is 0 Å². The fourth-order valence-corrected chi connectivity index (χ4v) is 3.77. The Bertz CT molecular complexity index is 549. The molecule has 0 saturated heterocycles. The first-order chi connectivity index (χ1) is 8.22. The molecule has 2 aromatic rings. The van der Waals surface area contributed by atoms with Crippen LogP contribution in [0.15, 0.2) is 12.1 Å². The van der Waals surface area contributed by atoms with Crippen LogP contribution in [0.4, 0.5) is 5.13 Å². The molecule has 1 N–H and O–H groups in total. The zero-order valence-corrected chi connectivity index (χ0v) is 11.1. The van der Waals surface area contributed by atoms with E-state index >= 15 is 0 Å². The van der Waals surface area contributed by atoms with Gasteiger partial charge in [-0.3, -0.25) is 10.1 Å². The molecule has 0 aliphatic heterocycles. The lowest BCUT2D eigenvalue weighted by Crippen LogP contribution is -2.09. The summed E-state index contributed by atoms with van der Waals surface area (Å²) in [7, 11) is 0. The van der Waals surface area contributed by atoms with E-state index in [1.165, 1.54) is 28.3 Å². The van der Waals surface area contributed by atoms with Crippen LogP contribution in [0.1, 0.15) is 31.5 Å². The third kappa shape index (κ3) is 2.12. The van der Waals surface area contributed by atoms with E-state index in [1.54, 1.807) is 11.3 Å². The molecule has 0 atom stereocenters. The molecule has 0 bridgehead atoms. The molecule has 0 spiro atoms. The molecule has 2 heterocycles. The average molecular weight is 264 g/mol. The lowest BCUT2D eigenvalue weighted by molar-refractivity contribution is 0.103. The smallest absolute Gasteiger partial charge is 0.267 e. The number of aromatic nitrogens is 1. The van der Waals surface area contributed by atoms with Gasteiger partial charge in [0.25, 0.3) is 5.91 Å². The normalized spacial score (nSPS) is 13.7. The number of rotatable bonds is 2. The van der Waals surface area contributed by atoms with E-state index in [-0.39, 0.29) is 5.91 Å². The largest absolute Gasteiger partial charge is 0.297 e. The summed E-state index contributed by atoms with van der Waals surface area (Å²) in [6.45, 7) is 2.00. The van der Waals surface area contributed by atoms with E-state index in [1.807, 2.05) is 19.1 Å². The zero-order valence-electron chi connectivity index (χ0n) is 9.45. The van der Waals surface area contributed by atoms with Gasteiger partial charge in [-0.2, -0.15) is 0 Å². The van der Waals surface area contributed by atoms with Crippen LogP contribution in [0, 0.1) is 6.92 Å². The fourth-order valence-electron chi connectivity index (χ4n) is 1.96. The number of carbonyl (C=O) groups excluding carboxylic acids is 1. The molecule has 0 saturated carbocycles. The standard InChI is InChI=1S/C12H12N2OS2/c1-7-5-6-10(16-7)11(15)14-12-13-8-3-2-4-9(8)17-12/h5-6H,2-4H2,1H3,(H,13,14,15). The summed E-state index contributed by atoms with van der Waals surface area (Å²) in [5, 5.41) is 3.62. The number of fused-ring (bicyclic) bond motifs is 1. The Balaban J connectivity index is 1.76. The van der Waals surface area contributed by atoms with Gasteiger partial charge in [-0.1, -0.05) is 0 Å². The van der Waals surface area contributed by atoms with Crippen molar-refractivity contribution in [3.63, 3.8) is 0 Å². The van der Waals surface area contributed by atoms with Crippen LogP contribution >= 0.6 is 22.7 Å². The molecular formula is C12H12N2OS2. The number of anilines is 1. The van der Waals surface area contributed by atoms with Gasteiger partial charge >= 0.3 is 0 Å². The highest BCUT2D eigenvalue weighted by Gasteiger charge is 2.18. The molecule has 2 aromatic heterocycles. The number of amides is 1. The van der Waals surface area contributed by atoms with Crippen LogP contribution in [0.25, 0.3) is 0 Å². The predicted molar refractivity (Wildman–Crippen MR) is 71.1 cm³/mol. The van der Waals surface area contributed by atoms with E-state index in [4.69, 9.17) is 0 Å². The van der Waals surface area contributed by atoms with Crippen molar-refractivity contribution in [3.05, 3.63) is 32.5 Å². The van der Waals surface area contributed by atoms with Gasteiger partial charge in [0.1, 0.15) is 0 Å². The Morgan fingerprint density at radius 2 is 2.24 bits per heavy atom. The number of thiophene rings is 1. The molecule has 5 heteroatoms. The SMILES string of the molecule is Cc1ccc(C(=O)Nc2nc3c(s2)CCC3)s1. The Morgan fingerprint density at radius 1 is 1.35 bits per heavy atom. The van der Waals surface area contributed by atoms with Crippen molar-refractivity contribution in [2.24, 2.45) is 0 Å².